The van der Waals surface area contributed by atoms with Gasteiger partial charge in [-0.25, -0.2) is 0 Å². The highest BCUT2D eigenvalue weighted by molar-refractivity contribution is 5.82. The maximum atomic E-state index is 11.9. The molecule has 1 aliphatic heterocycles. The Balaban J connectivity index is 1.61. The van der Waals surface area contributed by atoms with Crippen LogP contribution in [0.15, 0.2) is 28.7 Å². The van der Waals surface area contributed by atoms with Crippen molar-refractivity contribution in [2.75, 3.05) is 13.1 Å². The van der Waals surface area contributed by atoms with Gasteiger partial charge >= 0.3 is 5.97 Å². The first-order valence-electron chi connectivity index (χ1n) is 9.59. The Morgan fingerprint density at radius 2 is 2.24 bits per heavy atom. The van der Waals surface area contributed by atoms with Crippen LogP contribution in [0.25, 0.3) is 11.0 Å². The van der Waals surface area contributed by atoms with E-state index < -0.39 is 11.4 Å². The molecule has 0 amide bonds. The van der Waals surface area contributed by atoms with Crippen LogP contribution in [0.4, 0.5) is 0 Å². The molecule has 2 atom stereocenters. The molecule has 134 valence electrons. The van der Waals surface area contributed by atoms with Gasteiger partial charge in [0.05, 0.1) is 5.41 Å². The molecular weight excluding hydrogens is 314 g/mol. The number of aliphatic carboxylic acids is 1. The molecule has 2 aromatic rings. The molecular formula is C21H27NO3. The number of hydrogen-bond acceptors (Lipinski definition) is 3. The van der Waals surface area contributed by atoms with Gasteiger partial charge in [0.15, 0.2) is 0 Å². The molecule has 1 aromatic carbocycles. The summed E-state index contributed by atoms with van der Waals surface area (Å²) in [4.78, 5) is 14.3. The Bertz CT molecular complexity index is 781. The number of fused-ring (bicyclic) bond motifs is 2. The summed E-state index contributed by atoms with van der Waals surface area (Å²) < 4.78 is 6.14. The van der Waals surface area contributed by atoms with Crippen LogP contribution in [-0.4, -0.2) is 29.1 Å². The van der Waals surface area contributed by atoms with E-state index in [9.17, 15) is 9.90 Å². The quantitative estimate of drug-likeness (QED) is 0.843. The summed E-state index contributed by atoms with van der Waals surface area (Å²) in [5.74, 6) is 0.799. The lowest BCUT2D eigenvalue weighted by molar-refractivity contribution is -0.149. The molecule has 4 nitrogen and oxygen atoms in total. The highest BCUT2D eigenvalue weighted by Crippen LogP contribution is 2.49. The Labute approximate surface area is 148 Å². The van der Waals surface area contributed by atoms with Crippen LogP contribution in [0.5, 0.6) is 0 Å². The molecule has 1 aliphatic carbocycles. The van der Waals surface area contributed by atoms with Gasteiger partial charge in [0.2, 0.25) is 0 Å². The largest absolute Gasteiger partial charge is 0.481 e. The standard InChI is InChI=1S/C21H27NO3/c1-2-3-9-19-17(16-8-4-5-10-18(16)25-19)13-22-12-15-7-6-11-21(15,14-22)20(23)24/h4-5,8,10,15H,2-3,6-7,9,11-14H2,1H3,(H,23,24)/t15-,21+/m0/s1. The Morgan fingerprint density at radius 1 is 1.40 bits per heavy atom. The Hall–Kier alpha value is -1.81. The summed E-state index contributed by atoms with van der Waals surface area (Å²) in [6.45, 7) is 4.58. The average molecular weight is 341 g/mol. The molecule has 2 aliphatic rings. The van der Waals surface area contributed by atoms with Gasteiger partial charge in [-0.05, 0) is 31.2 Å². The smallest absolute Gasteiger partial charge is 0.311 e. The molecule has 0 spiro atoms. The van der Waals surface area contributed by atoms with E-state index in [2.05, 4.69) is 24.0 Å². The highest BCUT2D eigenvalue weighted by atomic mass is 16.4. The first-order valence-corrected chi connectivity index (χ1v) is 9.59. The minimum atomic E-state index is -0.597. The van der Waals surface area contributed by atoms with Gasteiger partial charge in [-0.15, -0.1) is 0 Å². The molecule has 1 saturated heterocycles. The number of benzene rings is 1. The SMILES string of the molecule is CCCCc1oc2ccccc2c1CN1C[C@@H]2CCC[C@@]2(C(=O)O)C1. The summed E-state index contributed by atoms with van der Waals surface area (Å²) in [5.41, 5.74) is 1.71. The second kappa shape index (κ2) is 6.49. The van der Waals surface area contributed by atoms with Crippen LogP contribution < -0.4 is 0 Å². The minimum Gasteiger partial charge on any atom is -0.481 e. The normalized spacial score (nSPS) is 26.4. The number of likely N-dealkylation sites (tertiary alicyclic amines) is 1. The number of hydrogen-bond donors (Lipinski definition) is 1. The number of carboxylic acids is 1. The fourth-order valence-corrected chi connectivity index (χ4v) is 4.95. The van der Waals surface area contributed by atoms with Gasteiger partial charge in [-0.1, -0.05) is 38.0 Å². The van der Waals surface area contributed by atoms with E-state index in [1.165, 1.54) is 10.9 Å². The van der Waals surface area contributed by atoms with Crippen LogP contribution in [-0.2, 0) is 17.8 Å². The van der Waals surface area contributed by atoms with Crippen molar-refractivity contribution in [3.63, 3.8) is 0 Å². The average Bonchev–Trinajstić information content (AvgIpc) is 3.24. The molecule has 1 aromatic heterocycles. The predicted molar refractivity (Wildman–Crippen MR) is 97.5 cm³/mol. The van der Waals surface area contributed by atoms with E-state index in [0.29, 0.717) is 12.5 Å². The number of nitrogens with zero attached hydrogens (tertiary/aromatic N) is 1. The van der Waals surface area contributed by atoms with Crippen molar-refractivity contribution in [3.05, 3.63) is 35.6 Å². The number of aryl methyl sites for hydroxylation is 1. The Morgan fingerprint density at radius 3 is 3.00 bits per heavy atom. The molecule has 0 bridgehead atoms. The molecule has 4 heteroatoms. The summed E-state index contributed by atoms with van der Waals surface area (Å²) >= 11 is 0. The third-order valence-electron chi connectivity index (χ3n) is 6.29. The molecule has 1 saturated carbocycles. The number of carbonyl (C=O) groups is 1. The van der Waals surface area contributed by atoms with Crippen molar-refractivity contribution in [1.29, 1.82) is 0 Å². The van der Waals surface area contributed by atoms with Crippen molar-refractivity contribution in [2.45, 2.75) is 52.0 Å². The van der Waals surface area contributed by atoms with Crippen molar-refractivity contribution < 1.29 is 14.3 Å². The number of unbranched alkanes of at least 4 members (excludes halogenated alkanes) is 1. The molecule has 1 N–H and O–H groups in total. The second-order valence-corrected chi connectivity index (χ2v) is 7.82. The van der Waals surface area contributed by atoms with Gasteiger partial charge in [0.25, 0.3) is 0 Å². The molecule has 0 radical (unpaired) electrons. The molecule has 0 unspecified atom stereocenters. The monoisotopic (exact) mass is 341 g/mol. The topological polar surface area (TPSA) is 53.7 Å². The number of furan rings is 1. The van der Waals surface area contributed by atoms with Crippen molar-refractivity contribution in [1.82, 2.24) is 4.90 Å². The maximum Gasteiger partial charge on any atom is 0.311 e. The van der Waals surface area contributed by atoms with Gasteiger partial charge < -0.3 is 9.52 Å². The van der Waals surface area contributed by atoms with Crippen LogP contribution in [0.2, 0.25) is 0 Å². The fourth-order valence-electron chi connectivity index (χ4n) is 4.95. The van der Waals surface area contributed by atoms with Crippen LogP contribution in [0, 0.1) is 11.3 Å². The predicted octanol–water partition coefficient (Wildman–Crippen LogP) is 4.46. The number of carboxylic acid groups (broad SMARTS) is 1. The number of para-hydroxylation sites is 1. The van der Waals surface area contributed by atoms with Gasteiger partial charge in [0.1, 0.15) is 11.3 Å². The lowest BCUT2D eigenvalue weighted by Gasteiger charge is -2.23. The third kappa shape index (κ3) is 2.77. The van der Waals surface area contributed by atoms with E-state index in [0.717, 1.165) is 63.0 Å². The summed E-state index contributed by atoms with van der Waals surface area (Å²) in [6.07, 6.45) is 6.16. The summed E-state index contributed by atoms with van der Waals surface area (Å²) in [6, 6.07) is 8.24. The first kappa shape index (κ1) is 16.6. The van der Waals surface area contributed by atoms with Crippen molar-refractivity contribution >= 4 is 16.9 Å². The number of rotatable bonds is 6. The molecule has 4 rings (SSSR count). The lowest BCUT2D eigenvalue weighted by Crippen LogP contribution is -2.35. The van der Waals surface area contributed by atoms with E-state index in [1.807, 2.05) is 12.1 Å². The van der Waals surface area contributed by atoms with Crippen molar-refractivity contribution in [3.8, 4) is 0 Å². The van der Waals surface area contributed by atoms with E-state index in [-0.39, 0.29) is 0 Å². The molecule has 2 fully saturated rings. The second-order valence-electron chi connectivity index (χ2n) is 7.82. The zero-order valence-corrected chi connectivity index (χ0v) is 15.0. The third-order valence-corrected chi connectivity index (χ3v) is 6.29. The van der Waals surface area contributed by atoms with E-state index in [1.54, 1.807) is 0 Å². The van der Waals surface area contributed by atoms with Gasteiger partial charge in [-0.2, -0.15) is 0 Å². The summed E-state index contributed by atoms with van der Waals surface area (Å²) in [7, 11) is 0. The first-order chi connectivity index (χ1) is 12.1. The highest BCUT2D eigenvalue weighted by Gasteiger charge is 2.54. The van der Waals surface area contributed by atoms with E-state index in [4.69, 9.17) is 4.42 Å². The van der Waals surface area contributed by atoms with Crippen LogP contribution in [0.1, 0.15) is 50.4 Å². The maximum absolute atomic E-state index is 11.9. The fraction of sp³-hybridized carbons (Fsp3) is 0.571. The molecule has 25 heavy (non-hydrogen) atoms. The zero-order chi connectivity index (χ0) is 17.4. The minimum absolute atomic E-state index is 0.308. The van der Waals surface area contributed by atoms with Crippen LogP contribution in [0.3, 0.4) is 0 Å². The molecule has 2 heterocycles. The van der Waals surface area contributed by atoms with Gasteiger partial charge in [0, 0.05) is 37.0 Å². The van der Waals surface area contributed by atoms with Crippen molar-refractivity contribution in [2.24, 2.45) is 11.3 Å². The van der Waals surface area contributed by atoms with Gasteiger partial charge in [-0.3, -0.25) is 9.69 Å². The van der Waals surface area contributed by atoms with E-state index >= 15 is 0 Å². The lowest BCUT2D eigenvalue weighted by atomic mass is 9.81. The van der Waals surface area contributed by atoms with Crippen LogP contribution >= 0.6 is 0 Å². The summed E-state index contributed by atoms with van der Waals surface area (Å²) in [5, 5.41) is 11.0. The zero-order valence-electron chi connectivity index (χ0n) is 15.0. The Kier molecular flexibility index (Phi) is 4.32.